The van der Waals surface area contributed by atoms with Gasteiger partial charge in [0, 0.05) is 23.1 Å². The molecular formula is C13H17BrFNO. The molecule has 0 N–H and O–H groups in total. The zero-order valence-electron chi connectivity index (χ0n) is 10.2. The Morgan fingerprint density at radius 3 is 2.88 bits per heavy atom. The Morgan fingerprint density at radius 2 is 2.24 bits per heavy atom. The minimum absolute atomic E-state index is 0.0943. The van der Waals surface area contributed by atoms with Gasteiger partial charge in [0.25, 0.3) is 0 Å². The van der Waals surface area contributed by atoms with Crippen LogP contribution < -0.4 is 4.90 Å². The molecule has 0 radical (unpaired) electrons. The zero-order valence-corrected chi connectivity index (χ0v) is 11.8. The molecule has 0 spiro atoms. The molecule has 0 amide bonds. The van der Waals surface area contributed by atoms with Crippen molar-refractivity contribution in [2.24, 2.45) is 0 Å². The normalized spacial score (nSPS) is 19.4. The van der Waals surface area contributed by atoms with E-state index in [0.29, 0.717) is 18.5 Å². The smallest absolute Gasteiger partial charge is 0.129 e. The number of alkyl halides is 1. The minimum Gasteiger partial charge on any atom is -0.377 e. The summed E-state index contributed by atoms with van der Waals surface area (Å²) in [5.74, 6) is -0.151. The Bertz CT molecular complexity index is 408. The lowest BCUT2D eigenvalue weighted by Gasteiger charge is -2.44. The lowest BCUT2D eigenvalue weighted by molar-refractivity contribution is 0.0643. The summed E-state index contributed by atoms with van der Waals surface area (Å²) in [5, 5.41) is 0.530. The molecule has 0 bridgehead atoms. The molecule has 1 aliphatic rings. The highest BCUT2D eigenvalue weighted by Gasteiger charge is 2.32. The maximum absolute atomic E-state index is 13.8. The Morgan fingerprint density at radius 1 is 1.47 bits per heavy atom. The molecule has 2 nitrogen and oxygen atoms in total. The quantitative estimate of drug-likeness (QED) is 0.777. The summed E-state index contributed by atoms with van der Waals surface area (Å²) >= 11 is 3.37. The van der Waals surface area contributed by atoms with Crippen molar-refractivity contribution in [3.63, 3.8) is 0 Å². The molecule has 1 heterocycles. The first-order valence-corrected chi connectivity index (χ1v) is 6.87. The fraction of sp³-hybridized carbons (Fsp3) is 0.538. The second kappa shape index (κ2) is 4.94. The van der Waals surface area contributed by atoms with Crippen molar-refractivity contribution in [2.75, 3.05) is 24.7 Å². The van der Waals surface area contributed by atoms with Crippen molar-refractivity contribution in [3.8, 4) is 0 Å². The van der Waals surface area contributed by atoms with E-state index >= 15 is 0 Å². The number of ether oxygens (including phenoxy) is 1. The van der Waals surface area contributed by atoms with Crippen LogP contribution in [-0.4, -0.2) is 25.3 Å². The number of nitrogens with zero attached hydrogens (tertiary/aromatic N) is 1. The standard InChI is InChI=1S/C13H17BrFNO/c1-13(2)9-17-7-6-16(13)12-5-3-4-11(15)10(12)8-14/h3-5H,6-9H2,1-2H3. The highest BCUT2D eigenvalue weighted by atomic mass is 79.9. The topological polar surface area (TPSA) is 12.5 Å². The summed E-state index contributed by atoms with van der Waals surface area (Å²) in [6.45, 7) is 6.41. The van der Waals surface area contributed by atoms with Crippen molar-refractivity contribution in [2.45, 2.75) is 24.7 Å². The van der Waals surface area contributed by atoms with Crippen molar-refractivity contribution in [1.29, 1.82) is 0 Å². The van der Waals surface area contributed by atoms with E-state index in [1.165, 1.54) is 6.07 Å². The summed E-state index contributed by atoms with van der Waals surface area (Å²) in [6.07, 6.45) is 0. The van der Waals surface area contributed by atoms with Crippen LogP contribution in [0, 0.1) is 5.82 Å². The lowest BCUT2D eigenvalue weighted by Crippen LogP contribution is -2.53. The average molecular weight is 302 g/mol. The van der Waals surface area contributed by atoms with Gasteiger partial charge in [-0.2, -0.15) is 0 Å². The monoisotopic (exact) mass is 301 g/mol. The molecule has 0 saturated carbocycles. The molecule has 0 atom stereocenters. The van der Waals surface area contributed by atoms with Crippen molar-refractivity contribution < 1.29 is 9.13 Å². The molecule has 17 heavy (non-hydrogen) atoms. The minimum atomic E-state index is -0.151. The Balaban J connectivity index is 2.42. The number of anilines is 1. The molecule has 1 aliphatic heterocycles. The van der Waals surface area contributed by atoms with Crippen LogP contribution in [0.2, 0.25) is 0 Å². The fourth-order valence-electron chi connectivity index (χ4n) is 2.24. The number of halogens is 2. The molecule has 0 aliphatic carbocycles. The first-order valence-electron chi connectivity index (χ1n) is 5.75. The van der Waals surface area contributed by atoms with Gasteiger partial charge in [0.2, 0.25) is 0 Å². The molecule has 0 aromatic heterocycles. The third-order valence-corrected chi connectivity index (χ3v) is 3.72. The van der Waals surface area contributed by atoms with Gasteiger partial charge in [0.05, 0.1) is 18.8 Å². The third kappa shape index (κ3) is 2.47. The number of morpholine rings is 1. The van der Waals surface area contributed by atoms with Gasteiger partial charge < -0.3 is 9.64 Å². The van der Waals surface area contributed by atoms with E-state index in [4.69, 9.17) is 4.74 Å². The van der Waals surface area contributed by atoms with E-state index in [2.05, 4.69) is 34.7 Å². The summed E-state index contributed by atoms with van der Waals surface area (Å²) in [6, 6.07) is 5.25. The van der Waals surface area contributed by atoms with Crippen LogP contribution in [0.3, 0.4) is 0 Å². The molecule has 1 aromatic carbocycles. The van der Waals surface area contributed by atoms with Crippen LogP contribution in [0.25, 0.3) is 0 Å². The molecule has 1 fully saturated rings. The van der Waals surface area contributed by atoms with E-state index in [0.717, 1.165) is 17.8 Å². The Hall–Kier alpha value is -0.610. The van der Waals surface area contributed by atoms with Gasteiger partial charge in [-0.3, -0.25) is 0 Å². The Kier molecular flexibility index (Phi) is 3.73. The van der Waals surface area contributed by atoms with E-state index in [1.54, 1.807) is 6.07 Å². The van der Waals surface area contributed by atoms with Gasteiger partial charge in [-0.05, 0) is 26.0 Å². The van der Waals surface area contributed by atoms with Gasteiger partial charge in [-0.1, -0.05) is 22.0 Å². The first-order chi connectivity index (χ1) is 8.06. The molecule has 2 rings (SSSR count). The van der Waals surface area contributed by atoms with Crippen LogP contribution in [-0.2, 0) is 10.1 Å². The second-order valence-corrected chi connectivity index (χ2v) is 5.45. The summed E-state index contributed by atoms with van der Waals surface area (Å²) < 4.78 is 19.3. The predicted octanol–water partition coefficient (Wildman–Crippen LogP) is 3.34. The van der Waals surface area contributed by atoms with Crippen molar-refractivity contribution in [1.82, 2.24) is 0 Å². The van der Waals surface area contributed by atoms with E-state index in [1.807, 2.05) is 6.07 Å². The predicted molar refractivity (Wildman–Crippen MR) is 71.3 cm³/mol. The number of benzene rings is 1. The SMILES string of the molecule is CC1(C)COCCN1c1cccc(F)c1CBr. The Labute approximate surface area is 110 Å². The molecule has 4 heteroatoms. The molecule has 1 saturated heterocycles. The van der Waals surface area contributed by atoms with Gasteiger partial charge in [-0.25, -0.2) is 4.39 Å². The maximum atomic E-state index is 13.8. The number of rotatable bonds is 2. The third-order valence-electron chi connectivity index (χ3n) is 3.16. The number of hydrogen-bond acceptors (Lipinski definition) is 2. The average Bonchev–Trinajstić information content (AvgIpc) is 2.28. The van der Waals surface area contributed by atoms with Gasteiger partial charge in [0.15, 0.2) is 0 Å². The van der Waals surface area contributed by atoms with Crippen molar-refractivity contribution >= 4 is 21.6 Å². The molecule has 94 valence electrons. The van der Waals surface area contributed by atoms with Gasteiger partial charge in [0.1, 0.15) is 5.82 Å². The van der Waals surface area contributed by atoms with Gasteiger partial charge >= 0.3 is 0 Å². The summed E-state index contributed by atoms with van der Waals surface area (Å²) in [7, 11) is 0. The van der Waals surface area contributed by atoms with Crippen molar-refractivity contribution in [3.05, 3.63) is 29.6 Å². The van der Waals surface area contributed by atoms with E-state index in [9.17, 15) is 4.39 Å². The lowest BCUT2D eigenvalue weighted by atomic mass is 10.00. The van der Waals surface area contributed by atoms with Crippen LogP contribution in [0.4, 0.5) is 10.1 Å². The van der Waals surface area contributed by atoms with Crippen LogP contribution >= 0.6 is 15.9 Å². The second-order valence-electron chi connectivity index (χ2n) is 4.89. The maximum Gasteiger partial charge on any atom is 0.129 e. The molecule has 1 aromatic rings. The summed E-state index contributed by atoms with van der Waals surface area (Å²) in [5.41, 5.74) is 1.60. The zero-order chi connectivity index (χ0) is 12.5. The first kappa shape index (κ1) is 12.8. The highest BCUT2D eigenvalue weighted by Crippen LogP contribution is 2.32. The molecule has 0 unspecified atom stereocenters. The molecular weight excluding hydrogens is 285 g/mol. The fourth-order valence-corrected chi connectivity index (χ4v) is 2.79. The highest BCUT2D eigenvalue weighted by molar-refractivity contribution is 9.08. The largest absolute Gasteiger partial charge is 0.377 e. The van der Waals surface area contributed by atoms with E-state index < -0.39 is 0 Å². The summed E-state index contributed by atoms with van der Waals surface area (Å²) in [4.78, 5) is 2.23. The number of hydrogen-bond donors (Lipinski definition) is 0. The van der Waals surface area contributed by atoms with Crippen LogP contribution in [0.5, 0.6) is 0 Å². The van der Waals surface area contributed by atoms with Crippen LogP contribution in [0.1, 0.15) is 19.4 Å². The van der Waals surface area contributed by atoms with E-state index in [-0.39, 0.29) is 11.4 Å². The van der Waals surface area contributed by atoms with Gasteiger partial charge in [-0.15, -0.1) is 0 Å². The van der Waals surface area contributed by atoms with Crippen LogP contribution in [0.15, 0.2) is 18.2 Å².